The Morgan fingerprint density at radius 1 is 1.09 bits per heavy atom. The van der Waals surface area contributed by atoms with Crippen molar-refractivity contribution < 1.29 is 9.59 Å². The van der Waals surface area contributed by atoms with Gasteiger partial charge in [0, 0.05) is 35.6 Å². The summed E-state index contributed by atoms with van der Waals surface area (Å²) in [6.45, 7) is 0. The Morgan fingerprint density at radius 3 is 2.74 bits per heavy atom. The van der Waals surface area contributed by atoms with E-state index >= 15 is 0 Å². The molecule has 1 N–H and O–H groups in total. The van der Waals surface area contributed by atoms with Crippen LogP contribution in [0.2, 0.25) is 0 Å². The first kappa shape index (κ1) is 15.8. The third-order valence-electron chi connectivity index (χ3n) is 3.91. The molecule has 0 bridgehead atoms. The average Bonchev–Trinajstić information content (AvgIpc) is 2.59. The summed E-state index contributed by atoms with van der Waals surface area (Å²) < 4.78 is 0. The van der Waals surface area contributed by atoms with Crippen LogP contribution in [0.15, 0.2) is 48.5 Å². The largest absolute Gasteiger partial charge is 0.326 e. The monoisotopic (exact) mass is 325 g/mol. The van der Waals surface area contributed by atoms with Gasteiger partial charge in [-0.15, -0.1) is 0 Å². The van der Waals surface area contributed by atoms with E-state index in [-0.39, 0.29) is 11.7 Å². The molecule has 3 rings (SSSR count). The molecule has 0 saturated carbocycles. The molecule has 0 saturated heterocycles. The quantitative estimate of drug-likeness (QED) is 0.643. The van der Waals surface area contributed by atoms with E-state index in [2.05, 4.69) is 17.4 Å². The van der Waals surface area contributed by atoms with E-state index in [1.807, 2.05) is 36.4 Å². The second-order valence-corrected chi connectivity index (χ2v) is 6.74. The van der Waals surface area contributed by atoms with Crippen molar-refractivity contribution in [2.45, 2.75) is 25.0 Å². The highest BCUT2D eigenvalue weighted by atomic mass is 32.2. The SMILES string of the molecule is O=C1CCc2cc(C(=O)CCSCc3ccccc3)ccc2N1. The first-order chi connectivity index (χ1) is 11.2. The highest BCUT2D eigenvalue weighted by Crippen LogP contribution is 2.24. The molecule has 1 aliphatic rings. The minimum atomic E-state index is 0.0499. The number of fused-ring (bicyclic) bond motifs is 1. The van der Waals surface area contributed by atoms with Crippen LogP contribution in [0.4, 0.5) is 5.69 Å². The topological polar surface area (TPSA) is 46.2 Å². The maximum atomic E-state index is 12.3. The van der Waals surface area contributed by atoms with Gasteiger partial charge in [-0.05, 0) is 35.7 Å². The molecule has 0 aliphatic carbocycles. The van der Waals surface area contributed by atoms with Crippen molar-refractivity contribution in [2.75, 3.05) is 11.1 Å². The summed E-state index contributed by atoms with van der Waals surface area (Å²) >= 11 is 1.78. The number of carbonyl (C=O) groups is 2. The lowest BCUT2D eigenvalue weighted by atomic mass is 9.98. The lowest BCUT2D eigenvalue weighted by Gasteiger charge is -2.17. The average molecular weight is 325 g/mol. The van der Waals surface area contributed by atoms with Crippen molar-refractivity contribution in [2.24, 2.45) is 0 Å². The second-order valence-electron chi connectivity index (χ2n) is 5.63. The first-order valence-corrected chi connectivity index (χ1v) is 8.95. The van der Waals surface area contributed by atoms with E-state index in [9.17, 15) is 9.59 Å². The number of benzene rings is 2. The molecule has 1 amide bonds. The number of anilines is 1. The Kier molecular flexibility index (Phi) is 5.13. The predicted octanol–water partition coefficient (Wildman–Crippen LogP) is 4.08. The predicted molar refractivity (Wildman–Crippen MR) is 94.9 cm³/mol. The van der Waals surface area contributed by atoms with E-state index in [1.165, 1.54) is 5.56 Å². The Hall–Kier alpha value is -2.07. The van der Waals surface area contributed by atoms with Crippen LogP contribution in [0.3, 0.4) is 0 Å². The van der Waals surface area contributed by atoms with Crippen molar-refractivity contribution >= 4 is 29.1 Å². The number of hydrogen-bond donors (Lipinski definition) is 1. The van der Waals surface area contributed by atoms with E-state index in [1.54, 1.807) is 11.8 Å². The van der Waals surface area contributed by atoms with Crippen LogP contribution in [-0.4, -0.2) is 17.4 Å². The summed E-state index contributed by atoms with van der Waals surface area (Å²) in [6, 6.07) is 15.9. The van der Waals surface area contributed by atoms with Crippen LogP contribution < -0.4 is 5.32 Å². The van der Waals surface area contributed by atoms with Gasteiger partial charge >= 0.3 is 0 Å². The van der Waals surface area contributed by atoms with Crippen molar-refractivity contribution in [3.05, 3.63) is 65.2 Å². The van der Waals surface area contributed by atoms with Gasteiger partial charge in [-0.2, -0.15) is 11.8 Å². The van der Waals surface area contributed by atoms with Gasteiger partial charge in [0.2, 0.25) is 5.91 Å². The summed E-state index contributed by atoms with van der Waals surface area (Å²) in [7, 11) is 0. The zero-order valence-corrected chi connectivity index (χ0v) is 13.7. The van der Waals surface area contributed by atoms with Crippen LogP contribution in [0.1, 0.15) is 34.3 Å². The van der Waals surface area contributed by atoms with Gasteiger partial charge < -0.3 is 5.32 Å². The fourth-order valence-corrected chi connectivity index (χ4v) is 3.53. The molecule has 23 heavy (non-hydrogen) atoms. The smallest absolute Gasteiger partial charge is 0.224 e. The van der Waals surface area contributed by atoms with Crippen LogP contribution in [0.5, 0.6) is 0 Å². The lowest BCUT2D eigenvalue weighted by Crippen LogP contribution is -2.19. The summed E-state index contributed by atoms with van der Waals surface area (Å²) in [5.74, 6) is 1.98. The molecule has 0 spiro atoms. The van der Waals surface area contributed by atoms with Gasteiger partial charge in [-0.25, -0.2) is 0 Å². The Morgan fingerprint density at radius 2 is 1.91 bits per heavy atom. The van der Waals surface area contributed by atoms with E-state index < -0.39 is 0 Å². The molecule has 4 heteroatoms. The summed E-state index contributed by atoms with van der Waals surface area (Å²) in [4.78, 5) is 23.7. The van der Waals surface area contributed by atoms with Gasteiger partial charge in [-0.3, -0.25) is 9.59 Å². The molecule has 1 heterocycles. The van der Waals surface area contributed by atoms with Crippen molar-refractivity contribution in [3.8, 4) is 0 Å². The highest BCUT2D eigenvalue weighted by molar-refractivity contribution is 7.98. The van der Waals surface area contributed by atoms with Crippen molar-refractivity contribution in [1.82, 2.24) is 0 Å². The summed E-state index contributed by atoms with van der Waals surface area (Å²) in [6.07, 6.45) is 1.76. The second kappa shape index (κ2) is 7.47. The molecule has 0 fully saturated rings. The molecule has 0 atom stereocenters. The molecule has 118 valence electrons. The first-order valence-electron chi connectivity index (χ1n) is 7.80. The van der Waals surface area contributed by atoms with Crippen LogP contribution in [0, 0.1) is 0 Å². The minimum absolute atomic E-state index is 0.0499. The molecule has 3 nitrogen and oxygen atoms in total. The number of Topliss-reactive ketones (excluding diaryl/α,β-unsaturated/α-hetero) is 1. The zero-order valence-electron chi connectivity index (χ0n) is 12.9. The fraction of sp³-hybridized carbons (Fsp3) is 0.263. The maximum absolute atomic E-state index is 12.3. The number of amides is 1. The molecule has 0 aromatic heterocycles. The Bertz CT molecular complexity index is 713. The van der Waals surface area contributed by atoms with Gasteiger partial charge in [0.15, 0.2) is 5.78 Å². The van der Waals surface area contributed by atoms with E-state index in [0.717, 1.165) is 28.3 Å². The number of aryl methyl sites for hydroxylation is 1. The molecule has 0 unspecified atom stereocenters. The Balaban J connectivity index is 1.51. The number of ketones is 1. The van der Waals surface area contributed by atoms with Gasteiger partial charge in [0.1, 0.15) is 0 Å². The molecule has 0 radical (unpaired) electrons. The minimum Gasteiger partial charge on any atom is -0.326 e. The molecule has 2 aromatic carbocycles. The van der Waals surface area contributed by atoms with Crippen LogP contribution in [0.25, 0.3) is 0 Å². The zero-order chi connectivity index (χ0) is 16.1. The number of nitrogens with one attached hydrogen (secondary N) is 1. The molecular formula is C19H19NO2S. The summed E-state index contributed by atoms with van der Waals surface area (Å²) in [5.41, 5.74) is 3.94. The Labute approximate surface area is 140 Å². The lowest BCUT2D eigenvalue weighted by molar-refractivity contribution is -0.116. The summed E-state index contributed by atoms with van der Waals surface area (Å²) in [5, 5.41) is 2.84. The van der Waals surface area contributed by atoms with Crippen LogP contribution in [-0.2, 0) is 17.0 Å². The number of thioether (sulfide) groups is 1. The van der Waals surface area contributed by atoms with Crippen molar-refractivity contribution in [1.29, 1.82) is 0 Å². The fourth-order valence-electron chi connectivity index (χ4n) is 2.63. The van der Waals surface area contributed by atoms with Crippen molar-refractivity contribution in [3.63, 3.8) is 0 Å². The van der Waals surface area contributed by atoms with Gasteiger partial charge in [0.25, 0.3) is 0 Å². The normalized spacial score (nSPS) is 13.3. The van der Waals surface area contributed by atoms with E-state index in [4.69, 9.17) is 0 Å². The van der Waals surface area contributed by atoms with Crippen LogP contribution >= 0.6 is 11.8 Å². The third-order valence-corrected chi connectivity index (χ3v) is 4.94. The van der Waals surface area contributed by atoms with Gasteiger partial charge in [0.05, 0.1) is 0 Å². The standard InChI is InChI=1S/C19H19NO2S/c21-18(10-11-23-13-14-4-2-1-3-5-14)16-6-8-17-15(12-16)7-9-19(22)20-17/h1-6,8,12H,7,9-11,13H2,(H,20,22). The maximum Gasteiger partial charge on any atom is 0.224 e. The number of carbonyl (C=O) groups excluding carboxylic acids is 2. The third kappa shape index (κ3) is 4.23. The highest BCUT2D eigenvalue weighted by Gasteiger charge is 2.16. The van der Waals surface area contributed by atoms with E-state index in [0.29, 0.717) is 19.3 Å². The molecule has 2 aromatic rings. The molecular weight excluding hydrogens is 306 g/mol. The number of hydrogen-bond acceptors (Lipinski definition) is 3. The van der Waals surface area contributed by atoms with Gasteiger partial charge in [-0.1, -0.05) is 30.3 Å². The number of rotatable bonds is 6. The molecule has 1 aliphatic heterocycles.